The van der Waals surface area contributed by atoms with Crippen LogP contribution in [0.5, 0.6) is 0 Å². The molecule has 0 aliphatic heterocycles. The average molecular weight is 263 g/mol. The Morgan fingerprint density at radius 2 is 1.83 bits per heavy atom. The van der Waals surface area contributed by atoms with E-state index in [2.05, 4.69) is 10.3 Å². The molecule has 3 nitrogen and oxygen atoms in total. The van der Waals surface area contributed by atoms with Crippen molar-refractivity contribution in [1.29, 1.82) is 0 Å². The Hall–Kier alpha value is -0.940. The highest BCUT2D eigenvalue weighted by Gasteiger charge is 2.63. The van der Waals surface area contributed by atoms with E-state index in [4.69, 9.17) is 5.73 Å². The normalized spacial score (nSPS) is 24.9. The van der Waals surface area contributed by atoms with Crippen molar-refractivity contribution < 1.29 is 13.2 Å². The third-order valence-corrected chi connectivity index (χ3v) is 3.96. The highest BCUT2D eigenvalue weighted by Crippen LogP contribution is 2.57. The number of halogens is 3. The fourth-order valence-corrected chi connectivity index (χ4v) is 2.42. The first-order chi connectivity index (χ1) is 8.43. The summed E-state index contributed by atoms with van der Waals surface area (Å²) in [5.41, 5.74) is 4.06. The largest absolute Gasteiger partial charge is 0.396 e. The zero-order valence-electron chi connectivity index (χ0n) is 10.4. The van der Waals surface area contributed by atoms with E-state index < -0.39 is 11.6 Å². The van der Waals surface area contributed by atoms with Gasteiger partial charge >= 0.3 is 6.18 Å². The van der Waals surface area contributed by atoms with Gasteiger partial charge in [0.15, 0.2) is 5.96 Å². The van der Waals surface area contributed by atoms with Crippen molar-refractivity contribution in [3.63, 3.8) is 0 Å². The standard InChI is InChI=1S/C12H20F3N3/c13-12(14,15)11(6-7-11)8-17-10(16)18-9-4-2-1-3-5-9/h9H,1-8H2,(H3,16,17,18). The molecule has 0 bridgehead atoms. The lowest BCUT2D eigenvalue weighted by molar-refractivity contribution is -0.183. The summed E-state index contributed by atoms with van der Waals surface area (Å²) >= 11 is 0. The smallest absolute Gasteiger partial charge is 0.370 e. The SMILES string of the molecule is NC(=NCC1(C(F)(F)F)CC1)NC1CCCCC1. The van der Waals surface area contributed by atoms with Gasteiger partial charge in [-0.15, -0.1) is 0 Å². The van der Waals surface area contributed by atoms with E-state index in [9.17, 15) is 13.2 Å². The van der Waals surface area contributed by atoms with E-state index in [-0.39, 0.29) is 31.4 Å². The maximum Gasteiger partial charge on any atom is 0.396 e. The zero-order chi connectivity index (χ0) is 13.2. The highest BCUT2D eigenvalue weighted by molar-refractivity contribution is 5.78. The molecule has 0 spiro atoms. The molecule has 0 atom stereocenters. The molecule has 2 saturated carbocycles. The van der Waals surface area contributed by atoms with Gasteiger partial charge in [-0.25, -0.2) is 0 Å². The minimum Gasteiger partial charge on any atom is -0.370 e. The van der Waals surface area contributed by atoms with Crippen molar-refractivity contribution in [2.24, 2.45) is 16.1 Å². The number of guanidine groups is 1. The van der Waals surface area contributed by atoms with E-state index in [0.29, 0.717) is 0 Å². The van der Waals surface area contributed by atoms with Gasteiger partial charge in [0.25, 0.3) is 0 Å². The molecule has 0 saturated heterocycles. The molecule has 0 aromatic heterocycles. The van der Waals surface area contributed by atoms with Gasteiger partial charge in [-0.05, 0) is 25.7 Å². The van der Waals surface area contributed by atoms with Crippen LogP contribution in [0.25, 0.3) is 0 Å². The molecule has 2 aliphatic rings. The maximum absolute atomic E-state index is 12.7. The minimum atomic E-state index is -4.15. The quantitative estimate of drug-likeness (QED) is 0.607. The summed E-state index contributed by atoms with van der Waals surface area (Å²) in [5, 5.41) is 3.03. The summed E-state index contributed by atoms with van der Waals surface area (Å²) in [7, 11) is 0. The number of nitrogens with one attached hydrogen (secondary N) is 1. The van der Waals surface area contributed by atoms with Crippen LogP contribution in [-0.2, 0) is 0 Å². The Kier molecular flexibility index (Phi) is 3.73. The predicted octanol–water partition coefficient (Wildman–Crippen LogP) is 2.57. The van der Waals surface area contributed by atoms with Crippen molar-refractivity contribution in [1.82, 2.24) is 5.32 Å². The summed E-state index contributed by atoms with van der Waals surface area (Å²) < 4.78 is 38.0. The Labute approximate surface area is 105 Å². The second-order valence-electron chi connectivity index (χ2n) is 5.46. The van der Waals surface area contributed by atoms with Crippen molar-refractivity contribution in [3.8, 4) is 0 Å². The predicted molar refractivity (Wildman–Crippen MR) is 64.2 cm³/mol. The lowest BCUT2D eigenvalue weighted by atomic mass is 9.96. The number of hydrogen-bond donors (Lipinski definition) is 2. The Morgan fingerprint density at radius 3 is 2.33 bits per heavy atom. The van der Waals surface area contributed by atoms with Crippen LogP contribution in [0.15, 0.2) is 4.99 Å². The van der Waals surface area contributed by atoms with Crippen LogP contribution in [0.3, 0.4) is 0 Å². The third-order valence-electron chi connectivity index (χ3n) is 3.96. The Bertz CT molecular complexity index is 315. The molecule has 3 N–H and O–H groups in total. The van der Waals surface area contributed by atoms with Gasteiger partial charge in [-0.1, -0.05) is 19.3 Å². The molecule has 2 aliphatic carbocycles. The molecular weight excluding hydrogens is 243 g/mol. The zero-order valence-corrected chi connectivity index (χ0v) is 10.4. The van der Waals surface area contributed by atoms with Crippen molar-refractivity contribution in [2.45, 2.75) is 57.2 Å². The molecule has 2 fully saturated rings. The van der Waals surface area contributed by atoms with Gasteiger partial charge in [0.1, 0.15) is 0 Å². The first kappa shape index (κ1) is 13.5. The molecule has 0 aromatic rings. The number of nitrogens with two attached hydrogens (primary N) is 1. The van der Waals surface area contributed by atoms with Crippen molar-refractivity contribution >= 4 is 5.96 Å². The highest BCUT2D eigenvalue weighted by atomic mass is 19.4. The van der Waals surface area contributed by atoms with Gasteiger partial charge in [0.05, 0.1) is 12.0 Å². The van der Waals surface area contributed by atoms with Gasteiger partial charge in [0, 0.05) is 6.04 Å². The van der Waals surface area contributed by atoms with Crippen LogP contribution in [0.1, 0.15) is 44.9 Å². The molecular formula is C12H20F3N3. The minimum absolute atomic E-state index is 0.164. The van der Waals surface area contributed by atoms with Crippen LogP contribution in [0.4, 0.5) is 13.2 Å². The van der Waals surface area contributed by atoms with E-state index in [1.807, 2.05) is 0 Å². The fraction of sp³-hybridized carbons (Fsp3) is 0.917. The lowest BCUT2D eigenvalue weighted by Crippen LogP contribution is -2.41. The second-order valence-corrected chi connectivity index (χ2v) is 5.46. The summed E-state index contributed by atoms with van der Waals surface area (Å²) in [6.07, 6.45) is 1.79. The monoisotopic (exact) mass is 263 g/mol. The first-order valence-electron chi connectivity index (χ1n) is 6.56. The molecule has 0 unspecified atom stereocenters. The van der Waals surface area contributed by atoms with Crippen LogP contribution in [0.2, 0.25) is 0 Å². The van der Waals surface area contributed by atoms with E-state index >= 15 is 0 Å². The molecule has 6 heteroatoms. The van der Waals surface area contributed by atoms with E-state index in [1.54, 1.807) is 0 Å². The maximum atomic E-state index is 12.7. The summed E-state index contributed by atoms with van der Waals surface area (Å²) in [4.78, 5) is 3.88. The van der Waals surface area contributed by atoms with Crippen LogP contribution >= 0.6 is 0 Å². The molecule has 104 valence electrons. The fourth-order valence-electron chi connectivity index (χ4n) is 2.42. The first-order valence-corrected chi connectivity index (χ1v) is 6.56. The molecule has 2 rings (SSSR count). The van der Waals surface area contributed by atoms with Crippen LogP contribution < -0.4 is 11.1 Å². The van der Waals surface area contributed by atoms with Gasteiger partial charge in [-0.3, -0.25) is 4.99 Å². The van der Waals surface area contributed by atoms with Crippen LogP contribution in [0, 0.1) is 5.41 Å². The molecule has 18 heavy (non-hydrogen) atoms. The Morgan fingerprint density at radius 1 is 1.22 bits per heavy atom. The van der Waals surface area contributed by atoms with Crippen LogP contribution in [-0.4, -0.2) is 24.7 Å². The van der Waals surface area contributed by atoms with Crippen molar-refractivity contribution in [3.05, 3.63) is 0 Å². The van der Waals surface area contributed by atoms with E-state index in [0.717, 1.165) is 25.7 Å². The second kappa shape index (κ2) is 4.97. The van der Waals surface area contributed by atoms with Crippen molar-refractivity contribution in [2.75, 3.05) is 6.54 Å². The number of nitrogens with zero attached hydrogens (tertiary/aromatic N) is 1. The number of hydrogen-bond acceptors (Lipinski definition) is 1. The number of rotatable bonds is 3. The van der Waals surface area contributed by atoms with E-state index in [1.165, 1.54) is 6.42 Å². The number of alkyl halides is 3. The lowest BCUT2D eigenvalue weighted by Gasteiger charge is -2.23. The molecule has 0 amide bonds. The summed E-state index contributed by atoms with van der Waals surface area (Å²) in [6, 6.07) is 0.281. The van der Waals surface area contributed by atoms with Gasteiger partial charge in [0.2, 0.25) is 0 Å². The molecule has 0 heterocycles. The average Bonchev–Trinajstić information content (AvgIpc) is 3.08. The van der Waals surface area contributed by atoms with Gasteiger partial charge < -0.3 is 11.1 Å². The third kappa shape index (κ3) is 3.09. The number of aliphatic imine (C=N–C) groups is 1. The molecule has 0 radical (unpaired) electrons. The molecule has 0 aromatic carbocycles. The van der Waals surface area contributed by atoms with Gasteiger partial charge in [-0.2, -0.15) is 13.2 Å². The summed E-state index contributed by atoms with van der Waals surface area (Å²) in [5.74, 6) is 0.164. The summed E-state index contributed by atoms with van der Waals surface area (Å²) in [6.45, 7) is -0.234. The topological polar surface area (TPSA) is 50.4 Å². The Balaban J connectivity index is 1.82.